The van der Waals surface area contributed by atoms with E-state index in [4.69, 9.17) is 17.5 Å². The molecule has 0 amide bonds. The largest absolute Gasteiger partial charge is 1.00 e. The van der Waals surface area contributed by atoms with E-state index in [2.05, 4.69) is 6.58 Å². The zero-order valence-corrected chi connectivity index (χ0v) is 11.7. The predicted molar refractivity (Wildman–Crippen MR) is 51.8 cm³/mol. The molecule has 0 fully saturated rings. The number of hydrogen-bond donors (Lipinski definition) is 2. The van der Waals surface area contributed by atoms with Crippen molar-refractivity contribution < 1.29 is 70.3 Å². The van der Waals surface area contributed by atoms with Gasteiger partial charge in [0.2, 0.25) is 0 Å². The topological polar surface area (TPSA) is 74.6 Å². The fraction of sp³-hybridized carbons (Fsp3) is 0. The van der Waals surface area contributed by atoms with Gasteiger partial charge >= 0.3 is 61.8 Å². The van der Waals surface area contributed by atoms with Gasteiger partial charge in [-0.15, -0.1) is 0 Å². The smallest absolute Gasteiger partial charge is 1.00 e. The molecule has 0 unspecified atom stereocenters. The Bertz CT molecular complexity index is 344. The minimum absolute atomic E-state index is 0. The second-order valence-corrected chi connectivity index (χ2v) is 2.96. The summed E-state index contributed by atoms with van der Waals surface area (Å²) < 4.78 is 31.6. The Labute approximate surface area is 128 Å². The molecule has 0 saturated carbocycles. The summed E-state index contributed by atoms with van der Waals surface area (Å²) in [5, 5.41) is 0. The van der Waals surface area contributed by atoms with Crippen LogP contribution in [0.15, 0.2) is 36.9 Å². The summed E-state index contributed by atoms with van der Waals surface area (Å²) in [6.45, 7) is 3.63. The third-order valence-corrected chi connectivity index (χ3v) is 1.04. The van der Waals surface area contributed by atoms with Gasteiger partial charge < -0.3 is 1.43 Å². The molecule has 14 heavy (non-hydrogen) atoms. The van der Waals surface area contributed by atoms with E-state index >= 15 is 0 Å². The summed E-state index contributed by atoms with van der Waals surface area (Å²) in [6, 6.07) is 10.0. The first-order chi connectivity index (χ1) is 5.93. The van der Waals surface area contributed by atoms with Crippen molar-refractivity contribution in [1.82, 2.24) is 0 Å². The Balaban J connectivity index is -0.000000185. The van der Waals surface area contributed by atoms with Crippen molar-refractivity contribution in [2.75, 3.05) is 0 Å². The molecule has 0 aliphatic carbocycles. The third kappa shape index (κ3) is 15.0. The summed E-state index contributed by atoms with van der Waals surface area (Å²) in [7, 11) is -4.67. The molecular formula is C8H11KO4S. The molecule has 0 atom stereocenters. The Morgan fingerprint density at radius 3 is 1.79 bits per heavy atom. The molecule has 0 heterocycles. The molecular weight excluding hydrogens is 231 g/mol. The van der Waals surface area contributed by atoms with Crippen molar-refractivity contribution in [3.63, 3.8) is 0 Å². The van der Waals surface area contributed by atoms with Crippen LogP contribution in [-0.2, 0) is 10.4 Å². The molecule has 4 nitrogen and oxygen atoms in total. The minimum Gasteiger partial charge on any atom is -1.00 e. The Morgan fingerprint density at radius 1 is 1.21 bits per heavy atom. The molecule has 0 radical (unpaired) electrons. The van der Waals surface area contributed by atoms with Crippen LogP contribution in [-0.4, -0.2) is 17.5 Å². The van der Waals surface area contributed by atoms with Crippen LogP contribution in [0.25, 0.3) is 6.08 Å². The average molecular weight is 242 g/mol. The van der Waals surface area contributed by atoms with Crippen molar-refractivity contribution in [1.29, 1.82) is 0 Å². The molecule has 0 aliphatic heterocycles. The van der Waals surface area contributed by atoms with Crippen LogP contribution in [0.5, 0.6) is 0 Å². The molecule has 1 aromatic carbocycles. The predicted octanol–water partition coefficient (Wildman–Crippen LogP) is -1.21. The standard InChI is InChI=1S/C8H8.K.H2O4S.H/c1-2-8-6-4-3-5-7-8;;1-5(2,3)4;/h2-7H,1H2;;(H2,1,2,3,4);/q;+1;;-1. The van der Waals surface area contributed by atoms with Crippen LogP contribution >= 0.6 is 0 Å². The van der Waals surface area contributed by atoms with E-state index in [-0.39, 0.29) is 52.8 Å². The second kappa shape index (κ2) is 8.75. The van der Waals surface area contributed by atoms with E-state index in [0.717, 1.165) is 0 Å². The van der Waals surface area contributed by atoms with E-state index in [1.165, 1.54) is 5.56 Å². The SMILES string of the molecule is C=Cc1ccccc1.O=S(=O)(O)O.[H-].[K+]. The van der Waals surface area contributed by atoms with Gasteiger partial charge in [0, 0.05) is 0 Å². The summed E-state index contributed by atoms with van der Waals surface area (Å²) in [5.41, 5.74) is 1.17. The van der Waals surface area contributed by atoms with Crippen molar-refractivity contribution in [2.45, 2.75) is 0 Å². The van der Waals surface area contributed by atoms with Gasteiger partial charge in [-0.25, -0.2) is 0 Å². The summed E-state index contributed by atoms with van der Waals surface area (Å²) >= 11 is 0. The third-order valence-electron chi connectivity index (χ3n) is 1.04. The van der Waals surface area contributed by atoms with Gasteiger partial charge in [-0.1, -0.05) is 43.0 Å². The zero-order chi connectivity index (χ0) is 10.3. The number of rotatable bonds is 1. The number of benzene rings is 1. The summed E-state index contributed by atoms with van der Waals surface area (Å²) in [4.78, 5) is 0. The normalized spacial score (nSPS) is 9.00. The van der Waals surface area contributed by atoms with Gasteiger partial charge in [-0.05, 0) is 5.56 Å². The van der Waals surface area contributed by atoms with Gasteiger partial charge in [0.25, 0.3) is 0 Å². The van der Waals surface area contributed by atoms with Crippen molar-refractivity contribution in [3.8, 4) is 0 Å². The fourth-order valence-corrected chi connectivity index (χ4v) is 0.589. The Hall–Kier alpha value is 0.466. The quantitative estimate of drug-likeness (QED) is 0.479. The first-order valence-electron chi connectivity index (χ1n) is 3.31. The van der Waals surface area contributed by atoms with Gasteiger partial charge in [0.15, 0.2) is 0 Å². The van der Waals surface area contributed by atoms with Crippen LogP contribution in [0.4, 0.5) is 0 Å². The van der Waals surface area contributed by atoms with E-state index in [9.17, 15) is 0 Å². The molecule has 0 aromatic heterocycles. The molecule has 2 N–H and O–H groups in total. The first-order valence-corrected chi connectivity index (χ1v) is 4.70. The average Bonchev–Trinajstić information content (AvgIpc) is 2.03. The van der Waals surface area contributed by atoms with Gasteiger partial charge in [-0.3, -0.25) is 9.11 Å². The maximum atomic E-state index is 8.74. The van der Waals surface area contributed by atoms with Crippen LogP contribution < -0.4 is 51.4 Å². The Morgan fingerprint density at radius 2 is 1.57 bits per heavy atom. The van der Waals surface area contributed by atoms with Crippen molar-refractivity contribution in [2.24, 2.45) is 0 Å². The van der Waals surface area contributed by atoms with Crippen molar-refractivity contribution in [3.05, 3.63) is 42.5 Å². The Kier molecular flexibility index (Phi) is 10.5. The maximum Gasteiger partial charge on any atom is 1.00 e. The van der Waals surface area contributed by atoms with Crippen LogP contribution in [0.2, 0.25) is 0 Å². The molecule has 1 rings (SSSR count). The van der Waals surface area contributed by atoms with E-state index in [0.29, 0.717) is 0 Å². The van der Waals surface area contributed by atoms with Crippen LogP contribution in [0.3, 0.4) is 0 Å². The molecule has 0 saturated heterocycles. The van der Waals surface area contributed by atoms with E-state index in [1.807, 2.05) is 36.4 Å². The molecule has 0 bridgehead atoms. The fourth-order valence-electron chi connectivity index (χ4n) is 0.589. The van der Waals surface area contributed by atoms with E-state index < -0.39 is 10.4 Å². The van der Waals surface area contributed by atoms with Gasteiger partial charge in [0.1, 0.15) is 0 Å². The van der Waals surface area contributed by atoms with Gasteiger partial charge in [-0.2, -0.15) is 8.42 Å². The summed E-state index contributed by atoms with van der Waals surface area (Å²) in [5.74, 6) is 0. The molecule has 1 aromatic rings. The minimum atomic E-state index is -4.67. The summed E-state index contributed by atoms with van der Waals surface area (Å²) in [6.07, 6.45) is 1.83. The zero-order valence-electron chi connectivity index (χ0n) is 8.79. The molecule has 6 heteroatoms. The second-order valence-electron chi connectivity index (χ2n) is 2.06. The van der Waals surface area contributed by atoms with Crippen LogP contribution in [0, 0.1) is 0 Å². The van der Waals surface area contributed by atoms with Crippen molar-refractivity contribution >= 4 is 16.5 Å². The van der Waals surface area contributed by atoms with Gasteiger partial charge in [0.05, 0.1) is 0 Å². The van der Waals surface area contributed by atoms with Crippen LogP contribution in [0.1, 0.15) is 6.99 Å². The molecule has 0 spiro atoms. The first kappa shape index (κ1) is 16.9. The molecule has 74 valence electrons. The van der Waals surface area contributed by atoms with E-state index in [1.54, 1.807) is 0 Å². The maximum absolute atomic E-state index is 8.74. The monoisotopic (exact) mass is 242 g/mol. The molecule has 0 aliphatic rings. The number of hydrogen-bond acceptors (Lipinski definition) is 2.